The maximum atomic E-state index is 11.1. The number of carbonyl (C=O) groups excluding carboxylic acids is 1. The molecule has 0 unspecified atom stereocenters. The van der Waals surface area contributed by atoms with Gasteiger partial charge in [0.1, 0.15) is 13.2 Å². The first-order valence-corrected chi connectivity index (χ1v) is 7.73. The van der Waals surface area contributed by atoms with E-state index in [1.54, 1.807) is 0 Å². The topological polar surface area (TPSA) is 48.0 Å². The molecule has 2 rings (SSSR count). The van der Waals surface area contributed by atoms with E-state index in [0.29, 0.717) is 19.6 Å². The SMILES string of the molecule is COC(=O)CCCN(C)Cc1cc2c(cc1Br)OCCO2. The van der Waals surface area contributed by atoms with Gasteiger partial charge in [-0.1, -0.05) is 15.9 Å². The van der Waals surface area contributed by atoms with Crippen molar-refractivity contribution in [1.29, 1.82) is 0 Å². The predicted octanol–water partition coefficient (Wildman–Crippen LogP) is 2.61. The highest BCUT2D eigenvalue weighted by molar-refractivity contribution is 9.10. The number of esters is 1. The van der Waals surface area contributed by atoms with E-state index in [1.807, 2.05) is 19.2 Å². The van der Waals surface area contributed by atoms with Crippen molar-refractivity contribution < 1.29 is 19.0 Å². The van der Waals surface area contributed by atoms with Crippen LogP contribution < -0.4 is 9.47 Å². The Hall–Kier alpha value is -1.27. The van der Waals surface area contributed by atoms with Crippen molar-refractivity contribution in [3.8, 4) is 11.5 Å². The molecule has 1 aliphatic heterocycles. The van der Waals surface area contributed by atoms with Crippen LogP contribution in [0.1, 0.15) is 18.4 Å². The number of nitrogens with zero attached hydrogens (tertiary/aromatic N) is 1. The van der Waals surface area contributed by atoms with Crippen LogP contribution in [-0.4, -0.2) is 44.8 Å². The third-order valence-corrected chi connectivity index (χ3v) is 4.04. The Morgan fingerprint density at radius 3 is 2.67 bits per heavy atom. The highest BCUT2D eigenvalue weighted by Gasteiger charge is 2.15. The first-order chi connectivity index (χ1) is 10.1. The summed E-state index contributed by atoms with van der Waals surface area (Å²) >= 11 is 3.57. The van der Waals surface area contributed by atoms with E-state index in [1.165, 1.54) is 7.11 Å². The lowest BCUT2D eigenvalue weighted by Crippen LogP contribution is -2.21. The fourth-order valence-electron chi connectivity index (χ4n) is 2.19. The molecule has 6 heteroatoms. The maximum Gasteiger partial charge on any atom is 0.305 e. The Bertz CT molecular complexity index is 507. The van der Waals surface area contributed by atoms with Gasteiger partial charge in [0.15, 0.2) is 11.5 Å². The summed E-state index contributed by atoms with van der Waals surface area (Å²) in [4.78, 5) is 13.3. The number of ether oxygens (including phenoxy) is 3. The average molecular weight is 358 g/mol. The lowest BCUT2D eigenvalue weighted by molar-refractivity contribution is -0.140. The second kappa shape index (κ2) is 7.66. The van der Waals surface area contributed by atoms with Crippen LogP contribution in [0.25, 0.3) is 0 Å². The number of hydrogen-bond acceptors (Lipinski definition) is 5. The fourth-order valence-corrected chi connectivity index (χ4v) is 2.64. The molecule has 1 aliphatic rings. The van der Waals surface area contributed by atoms with E-state index in [0.717, 1.165) is 41.0 Å². The van der Waals surface area contributed by atoms with Crippen LogP contribution in [0.3, 0.4) is 0 Å². The maximum absolute atomic E-state index is 11.1. The largest absolute Gasteiger partial charge is 0.486 e. The smallest absolute Gasteiger partial charge is 0.305 e. The quantitative estimate of drug-likeness (QED) is 0.732. The molecule has 1 aromatic carbocycles. The summed E-state index contributed by atoms with van der Waals surface area (Å²) in [6, 6.07) is 3.96. The van der Waals surface area contributed by atoms with Crippen LogP contribution >= 0.6 is 15.9 Å². The molecule has 0 amide bonds. The summed E-state index contributed by atoms with van der Waals surface area (Å²) in [5.41, 5.74) is 1.14. The molecule has 0 aliphatic carbocycles. The van der Waals surface area contributed by atoms with Gasteiger partial charge in [0.25, 0.3) is 0 Å². The Balaban J connectivity index is 1.91. The van der Waals surface area contributed by atoms with Crippen molar-refractivity contribution in [2.24, 2.45) is 0 Å². The van der Waals surface area contributed by atoms with Gasteiger partial charge in [-0.05, 0) is 37.7 Å². The third-order valence-electron chi connectivity index (χ3n) is 3.30. The Labute approximate surface area is 133 Å². The second-order valence-corrected chi connectivity index (χ2v) is 5.86. The lowest BCUT2D eigenvalue weighted by atomic mass is 10.1. The van der Waals surface area contributed by atoms with Gasteiger partial charge in [-0.2, -0.15) is 0 Å². The van der Waals surface area contributed by atoms with Gasteiger partial charge in [0, 0.05) is 17.4 Å². The van der Waals surface area contributed by atoms with Crippen LogP contribution in [0.15, 0.2) is 16.6 Å². The molecule has 21 heavy (non-hydrogen) atoms. The lowest BCUT2D eigenvalue weighted by Gasteiger charge is -2.22. The summed E-state index contributed by atoms with van der Waals surface area (Å²) < 4.78 is 16.8. The van der Waals surface area contributed by atoms with Crippen molar-refractivity contribution in [2.75, 3.05) is 33.9 Å². The normalized spacial score (nSPS) is 13.3. The van der Waals surface area contributed by atoms with Crippen molar-refractivity contribution in [2.45, 2.75) is 19.4 Å². The van der Waals surface area contributed by atoms with Gasteiger partial charge in [0.2, 0.25) is 0 Å². The minimum absolute atomic E-state index is 0.163. The zero-order chi connectivity index (χ0) is 15.2. The van der Waals surface area contributed by atoms with E-state index in [2.05, 4.69) is 25.6 Å². The van der Waals surface area contributed by atoms with Crippen LogP contribution in [0.4, 0.5) is 0 Å². The molecule has 0 saturated carbocycles. The van der Waals surface area contributed by atoms with E-state index in [-0.39, 0.29) is 5.97 Å². The van der Waals surface area contributed by atoms with Gasteiger partial charge < -0.3 is 19.1 Å². The fraction of sp³-hybridized carbons (Fsp3) is 0.533. The number of fused-ring (bicyclic) bond motifs is 1. The summed E-state index contributed by atoms with van der Waals surface area (Å²) in [5, 5.41) is 0. The Kier molecular flexibility index (Phi) is 5.87. The summed E-state index contributed by atoms with van der Waals surface area (Å²) in [7, 11) is 3.44. The molecule has 1 aromatic rings. The number of methoxy groups -OCH3 is 1. The minimum Gasteiger partial charge on any atom is -0.486 e. The van der Waals surface area contributed by atoms with Crippen molar-refractivity contribution in [1.82, 2.24) is 4.90 Å². The van der Waals surface area contributed by atoms with Gasteiger partial charge in [-0.3, -0.25) is 4.79 Å². The van der Waals surface area contributed by atoms with Crippen LogP contribution in [0.5, 0.6) is 11.5 Å². The van der Waals surface area contributed by atoms with Gasteiger partial charge >= 0.3 is 5.97 Å². The van der Waals surface area contributed by atoms with Crippen molar-refractivity contribution in [3.05, 3.63) is 22.2 Å². The summed E-state index contributed by atoms with van der Waals surface area (Å²) in [5.74, 6) is 1.41. The van der Waals surface area contributed by atoms with E-state index in [9.17, 15) is 4.79 Å². The van der Waals surface area contributed by atoms with E-state index >= 15 is 0 Å². The second-order valence-electron chi connectivity index (χ2n) is 5.00. The van der Waals surface area contributed by atoms with Crippen LogP contribution in [0.2, 0.25) is 0 Å². The molecule has 0 fully saturated rings. The van der Waals surface area contributed by atoms with Crippen molar-refractivity contribution in [3.63, 3.8) is 0 Å². The number of halogens is 1. The molecule has 0 saturated heterocycles. The standard InChI is InChI=1S/C15H20BrNO4/c1-17(5-3-4-15(18)19-2)10-11-8-13-14(9-12(11)16)21-7-6-20-13/h8-9H,3-7,10H2,1-2H3. The molecular weight excluding hydrogens is 338 g/mol. The first kappa shape index (κ1) is 16.1. The van der Waals surface area contributed by atoms with E-state index in [4.69, 9.17) is 9.47 Å². The number of carbonyl (C=O) groups is 1. The predicted molar refractivity (Wildman–Crippen MR) is 82.7 cm³/mol. The summed E-state index contributed by atoms with van der Waals surface area (Å²) in [6.07, 6.45) is 1.23. The highest BCUT2D eigenvalue weighted by Crippen LogP contribution is 2.35. The van der Waals surface area contributed by atoms with Crippen molar-refractivity contribution >= 4 is 21.9 Å². The third kappa shape index (κ3) is 4.61. The first-order valence-electron chi connectivity index (χ1n) is 6.93. The number of hydrogen-bond donors (Lipinski definition) is 0. The van der Waals surface area contributed by atoms with Gasteiger partial charge in [-0.25, -0.2) is 0 Å². The van der Waals surface area contributed by atoms with Crippen LogP contribution in [0, 0.1) is 0 Å². The highest BCUT2D eigenvalue weighted by atomic mass is 79.9. The summed E-state index contributed by atoms with van der Waals surface area (Å²) in [6.45, 7) is 2.78. The monoisotopic (exact) mass is 357 g/mol. The van der Waals surface area contributed by atoms with Gasteiger partial charge in [0.05, 0.1) is 7.11 Å². The molecule has 5 nitrogen and oxygen atoms in total. The zero-order valence-corrected chi connectivity index (χ0v) is 13.9. The molecule has 0 spiro atoms. The number of rotatable bonds is 6. The van der Waals surface area contributed by atoms with Gasteiger partial charge in [-0.15, -0.1) is 0 Å². The average Bonchev–Trinajstić information content (AvgIpc) is 2.47. The van der Waals surface area contributed by atoms with Crippen LogP contribution in [-0.2, 0) is 16.1 Å². The molecular formula is C15H20BrNO4. The molecule has 0 radical (unpaired) electrons. The molecule has 0 aromatic heterocycles. The molecule has 0 N–H and O–H groups in total. The molecule has 0 atom stereocenters. The van der Waals surface area contributed by atoms with E-state index < -0.39 is 0 Å². The zero-order valence-electron chi connectivity index (χ0n) is 12.4. The molecule has 0 bridgehead atoms. The molecule has 116 valence electrons. The minimum atomic E-state index is -0.163. The Morgan fingerprint density at radius 2 is 2.00 bits per heavy atom. The molecule has 1 heterocycles. The Morgan fingerprint density at radius 1 is 1.33 bits per heavy atom. The number of benzene rings is 1.